The van der Waals surface area contributed by atoms with Crippen molar-refractivity contribution in [3.63, 3.8) is 0 Å². The van der Waals surface area contributed by atoms with Crippen molar-refractivity contribution in [1.29, 1.82) is 0 Å². The summed E-state index contributed by atoms with van der Waals surface area (Å²) in [4.78, 5) is 4.20. The Balaban J connectivity index is 2.26. The lowest BCUT2D eigenvalue weighted by Gasteiger charge is -2.09. The van der Waals surface area contributed by atoms with E-state index in [9.17, 15) is 0 Å². The van der Waals surface area contributed by atoms with Crippen molar-refractivity contribution in [2.24, 2.45) is 0 Å². The number of hydrogen-bond acceptors (Lipinski definition) is 5. The molecule has 5 heteroatoms. The Bertz CT molecular complexity index is 505. The maximum atomic E-state index is 5.84. The Morgan fingerprint density at radius 1 is 1.18 bits per heavy atom. The largest absolute Gasteiger partial charge is 0.491 e. The lowest BCUT2D eigenvalue weighted by atomic mass is 10.1. The van der Waals surface area contributed by atoms with Gasteiger partial charge in [0.05, 0.1) is 6.10 Å². The van der Waals surface area contributed by atoms with Crippen LogP contribution in [0.5, 0.6) is 5.75 Å². The number of nitrogen functional groups attached to an aromatic ring is 2. The van der Waals surface area contributed by atoms with Gasteiger partial charge in [0.15, 0.2) is 5.13 Å². The van der Waals surface area contributed by atoms with E-state index in [1.54, 1.807) is 0 Å². The van der Waals surface area contributed by atoms with E-state index < -0.39 is 0 Å². The van der Waals surface area contributed by atoms with Crippen LogP contribution in [0.3, 0.4) is 0 Å². The fraction of sp³-hybridized carbons (Fsp3) is 0.250. The van der Waals surface area contributed by atoms with E-state index in [2.05, 4.69) is 4.98 Å². The van der Waals surface area contributed by atoms with Crippen LogP contribution in [0.4, 0.5) is 10.1 Å². The van der Waals surface area contributed by atoms with Gasteiger partial charge in [0.25, 0.3) is 0 Å². The van der Waals surface area contributed by atoms with Gasteiger partial charge in [0.2, 0.25) is 0 Å². The van der Waals surface area contributed by atoms with Crippen LogP contribution in [0, 0.1) is 0 Å². The number of nitrogens with two attached hydrogens (primary N) is 2. The molecule has 90 valence electrons. The lowest BCUT2D eigenvalue weighted by Crippen LogP contribution is -2.05. The number of ether oxygens (including phenoxy) is 1. The highest BCUT2D eigenvalue weighted by Gasteiger charge is 2.09. The summed E-state index contributed by atoms with van der Waals surface area (Å²) in [6.07, 6.45) is 0.167. The predicted molar refractivity (Wildman–Crippen MR) is 72.1 cm³/mol. The molecule has 0 radical (unpaired) electrons. The number of aromatic nitrogens is 1. The average Bonchev–Trinajstić information content (AvgIpc) is 2.58. The van der Waals surface area contributed by atoms with E-state index in [0.29, 0.717) is 10.1 Å². The van der Waals surface area contributed by atoms with Crippen LogP contribution >= 0.6 is 11.3 Å². The predicted octanol–water partition coefficient (Wildman–Crippen LogP) is 2.76. The monoisotopic (exact) mass is 249 g/mol. The summed E-state index contributed by atoms with van der Waals surface area (Å²) in [6, 6.07) is 7.68. The van der Waals surface area contributed by atoms with Crippen LogP contribution in [0.15, 0.2) is 24.3 Å². The minimum atomic E-state index is 0.167. The van der Waals surface area contributed by atoms with Crippen molar-refractivity contribution < 1.29 is 4.74 Å². The van der Waals surface area contributed by atoms with Gasteiger partial charge in [-0.2, -0.15) is 0 Å². The Morgan fingerprint density at radius 2 is 1.82 bits per heavy atom. The maximum absolute atomic E-state index is 5.84. The van der Waals surface area contributed by atoms with Gasteiger partial charge in [-0.15, -0.1) is 0 Å². The molecule has 0 unspecified atom stereocenters. The highest BCUT2D eigenvalue weighted by molar-refractivity contribution is 7.19. The third kappa shape index (κ3) is 2.68. The van der Waals surface area contributed by atoms with Gasteiger partial charge in [-0.25, -0.2) is 4.98 Å². The van der Waals surface area contributed by atoms with Crippen molar-refractivity contribution in [3.05, 3.63) is 24.3 Å². The number of rotatable bonds is 3. The van der Waals surface area contributed by atoms with Gasteiger partial charge in [-0.1, -0.05) is 11.3 Å². The fourth-order valence-electron chi connectivity index (χ4n) is 1.52. The van der Waals surface area contributed by atoms with E-state index in [-0.39, 0.29) is 6.10 Å². The first-order valence-corrected chi connectivity index (χ1v) is 6.17. The van der Waals surface area contributed by atoms with Crippen LogP contribution < -0.4 is 16.2 Å². The number of benzene rings is 1. The van der Waals surface area contributed by atoms with Crippen molar-refractivity contribution in [3.8, 4) is 17.0 Å². The first kappa shape index (κ1) is 11.7. The molecule has 0 fully saturated rings. The van der Waals surface area contributed by atoms with E-state index in [1.807, 2.05) is 38.1 Å². The molecule has 17 heavy (non-hydrogen) atoms. The molecule has 0 bridgehead atoms. The summed E-state index contributed by atoms with van der Waals surface area (Å²) in [6.45, 7) is 3.99. The van der Waals surface area contributed by atoms with Crippen LogP contribution in [0.25, 0.3) is 11.3 Å². The second-order valence-corrected chi connectivity index (χ2v) is 5.02. The number of anilines is 2. The zero-order valence-corrected chi connectivity index (χ0v) is 10.6. The van der Waals surface area contributed by atoms with Gasteiger partial charge in [-0.3, -0.25) is 0 Å². The van der Waals surface area contributed by atoms with E-state index in [4.69, 9.17) is 16.2 Å². The molecular formula is C12H15N3OS. The van der Waals surface area contributed by atoms with E-state index >= 15 is 0 Å². The second kappa shape index (κ2) is 4.63. The van der Waals surface area contributed by atoms with Crippen LogP contribution in [0.1, 0.15) is 13.8 Å². The van der Waals surface area contributed by atoms with Gasteiger partial charge >= 0.3 is 0 Å². The molecule has 0 saturated heterocycles. The Kier molecular flexibility index (Phi) is 3.19. The summed E-state index contributed by atoms with van der Waals surface area (Å²) < 4.78 is 5.57. The van der Waals surface area contributed by atoms with E-state index in [0.717, 1.165) is 17.0 Å². The minimum absolute atomic E-state index is 0.167. The molecule has 2 aromatic rings. The van der Waals surface area contributed by atoms with Gasteiger partial charge in [-0.05, 0) is 38.1 Å². The van der Waals surface area contributed by atoms with Gasteiger partial charge in [0, 0.05) is 5.56 Å². The first-order valence-electron chi connectivity index (χ1n) is 5.35. The average molecular weight is 249 g/mol. The van der Waals surface area contributed by atoms with Gasteiger partial charge < -0.3 is 16.2 Å². The Hall–Kier alpha value is -1.75. The quantitative estimate of drug-likeness (QED) is 0.877. The molecule has 0 spiro atoms. The molecule has 4 N–H and O–H groups in total. The number of hydrogen-bond donors (Lipinski definition) is 2. The fourth-order valence-corrected chi connectivity index (χ4v) is 2.14. The number of nitrogens with zero attached hydrogens (tertiary/aromatic N) is 1. The molecule has 1 aromatic heterocycles. The van der Waals surface area contributed by atoms with Crippen molar-refractivity contribution >= 4 is 21.5 Å². The van der Waals surface area contributed by atoms with Crippen LogP contribution in [-0.2, 0) is 0 Å². The molecule has 4 nitrogen and oxygen atoms in total. The van der Waals surface area contributed by atoms with Crippen LogP contribution in [0.2, 0.25) is 0 Å². The third-order valence-corrected chi connectivity index (χ3v) is 2.88. The molecule has 2 rings (SSSR count). The Morgan fingerprint density at radius 3 is 2.29 bits per heavy atom. The zero-order chi connectivity index (χ0) is 12.4. The summed E-state index contributed by atoms with van der Waals surface area (Å²) in [7, 11) is 0. The van der Waals surface area contributed by atoms with Gasteiger partial charge in [0.1, 0.15) is 16.4 Å². The molecule has 1 aromatic carbocycles. The normalized spacial score (nSPS) is 10.8. The maximum Gasteiger partial charge on any atom is 0.182 e. The highest BCUT2D eigenvalue weighted by Crippen LogP contribution is 2.32. The first-order chi connectivity index (χ1) is 8.06. The number of thiazole rings is 1. The molecule has 0 aliphatic rings. The van der Waals surface area contributed by atoms with E-state index in [1.165, 1.54) is 11.3 Å². The minimum Gasteiger partial charge on any atom is -0.491 e. The third-order valence-electron chi connectivity index (χ3n) is 2.17. The van der Waals surface area contributed by atoms with Crippen molar-refractivity contribution in [2.75, 3.05) is 11.5 Å². The summed E-state index contributed by atoms with van der Waals surface area (Å²) >= 11 is 1.29. The summed E-state index contributed by atoms with van der Waals surface area (Å²) in [5, 5.41) is 1.13. The van der Waals surface area contributed by atoms with Crippen molar-refractivity contribution in [1.82, 2.24) is 4.98 Å². The SMILES string of the molecule is CC(C)Oc1ccc(-c2nc(N)sc2N)cc1. The standard InChI is InChI=1S/C12H15N3OS/c1-7(2)16-9-5-3-8(4-6-9)10-11(13)17-12(14)15-10/h3-7H,13H2,1-2H3,(H2,14,15). The summed E-state index contributed by atoms with van der Waals surface area (Å²) in [5.41, 5.74) is 13.1. The zero-order valence-electron chi connectivity index (χ0n) is 9.81. The smallest absolute Gasteiger partial charge is 0.182 e. The molecule has 1 heterocycles. The molecule has 0 aliphatic carbocycles. The highest BCUT2D eigenvalue weighted by atomic mass is 32.1. The second-order valence-electron chi connectivity index (χ2n) is 3.96. The molecule has 0 amide bonds. The van der Waals surface area contributed by atoms with Crippen LogP contribution in [-0.4, -0.2) is 11.1 Å². The molecule has 0 saturated carbocycles. The van der Waals surface area contributed by atoms with Crippen molar-refractivity contribution in [2.45, 2.75) is 20.0 Å². The summed E-state index contributed by atoms with van der Waals surface area (Å²) in [5.74, 6) is 0.838. The Labute approximate surface area is 104 Å². The topological polar surface area (TPSA) is 74.2 Å². The lowest BCUT2D eigenvalue weighted by molar-refractivity contribution is 0.242. The molecule has 0 aliphatic heterocycles. The molecular weight excluding hydrogens is 234 g/mol. The molecule has 0 atom stereocenters.